The third-order valence-corrected chi connectivity index (χ3v) is 5.50. The van der Waals surface area contributed by atoms with Crippen molar-refractivity contribution in [3.63, 3.8) is 0 Å². The number of halogens is 2. The van der Waals surface area contributed by atoms with Crippen LogP contribution in [0.3, 0.4) is 0 Å². The minimum Gasteiger partial charge on any atom is -0.448 e. The van der Waals surface area contributed by atoms with E-state index in [-0.39, 0.29) is 17.2 Å². The van der Waals surface area contributed by atoms with E-state index < -0.39 is 17.7 Å². The van der Waals surface area contributed by atoms with E-state index >= 15 is 0 Å². The summed E-state index contributed by atoms with van der Waals surface area (Å²) in [6.07, 6.45) is 1.80. The lowest BCUT2D eigenvalue weighted by molar-refractivity contribution is 0.0682. The van der Waals surface area contributed by atoms with Crippen LogP contribution in [-0.4, -0.2) is 27.3 Å². The lowest BCUT2D eigenvalue weighted by Crippen LogP contribution is -2.41. The van der Waals surface area contributed by atoms with Crippen molar-refractivity contribution >= 4 is 16.8 Å². The van der Waals surface area contributed by atoms with Gasteiger partial charge < -0.3 is 14.3 Å². The van der Waals surface area contributed by atoms with Gasteiger partial charge in [-0.05, 0) is 43.2 Å². The van der Waals surface area contributed by atoms with Crippen molar-refractivity contribution in [1.29, 1.82) is 0 Å². The van der Waals surface area contributed by atoms with Crippen LogP contribution in [0, 0.1) is 18.6 Å². The van der Waals surface area contributed by atoms with Crippen molar-refractivity contribution in [1.82, 2.24) is 14.9 Å². The smallest absolute Gasteiger partial charge is 0.276 e. The molecule has 1 aliphatic rings. The highest BCUT2D eigenvalue weighted by atomic mass is 19.1. The number of aromatic nitrogens is 2. The molecule has 7 heteroatoms. The average Bonchev–Trinajstić information content (AvgIpc) is 3.32. The molecular weight excluding hydrogens is 376 g/mol. The molecule has 4 aromatic rings. The zero-order chi connectivity index (χ0) is 20.1. The molecule has 1 aliphatic heterocycles. The molecule has 2 aromatic heterocycles. The van der Waals surface area contributed by atoms with E-state index in [2.05, 4.69) is 9.97 Å². The maximum absolute atomic E-state index is 14.8. The quantitative estimate of drug-likeness (QED) is 0.544. The van der Waals surface area contributed by atoms with Crippen LogP contribution in [0.25, 0.3) is 10.9 Å². The van der Waals surface area contributed by atoms with Gasteiger partial charge in [0.15, 0.2) is 12.1 Å². The van der Waals surface area contributed by atoms with Gasteiger partial charge in [0.05, 0.1) is 0 Å². The van der Waals surface area contributed by atoms with Crippen LogP contribution in [-0.2, 0) is 6.42 Å². The van der Waals surface area contributed by atoms with Crippen LogP contribution in [0.2, 0.25) is 0 Å². The molecule has 0 radical (unpaired) electrons. The number of carbonyl (C=O) groups is 1. The summed E-state index contributed by atoms with van der Waals surface area (Å²) >= 11 is 0. The number of carbonyl (C=O) groups excluding carboxylic acids is 1. The van der Waals surface area contributed by atoms with Gasteiger partial charge in [0.25, 0.3) is 5.91 Å². The van der Waals surface area contributed by atoms with Crippen molar-refractivity contribution < 1.29 is 18.0 Å². The summed E-state index contributed by atoms with van der Waals surface area (Å²) in [7, 11) is 0. The predicted molar refractivity (Wildman–Crippen MR) is 102 cm³/mol. The predicted octanol–water partition coefficient (Wildman–Crippen LogP) is 4.53. The Labute approximate surface area is 165 Å². The molecule has 1 atom stereocenters. The molecule has 5 rings (SSSR count). The fraction of sp³-hybridized carbons (Fsp3) is 0.182. The lowest BCUT2D eigenvalue weighted by atomic mass is 9.91. The molecular formula is C22H17F2N3O2. The number of nitrogens with one attached hydrogen (secondary N) is 1. The van der Waals surface area contributed by atoms with Crippen molar-refractivity contribution in [3.8, 4) is 0 Å². The number of aromatic amines is 1. The van der Waals surface area contributed by atoms with Gasteiger partial charge in [-0.25, -0.2) is 13.8 Å². The molecule has 0 spiro atoms. The highest BCUT2D eigenvalue weighted by molar-refractivity contribution is 5.94. The number of fused-ring (bicyclic) bond motifs is 3. The summed E-state index contributed by atoms with van der Waals surface area (Å²) in [6, 6.07) is 10.3. The third kappa shape index (κ3) is 2.73. The number of nitrogens with zero attached hydrogens (tertiary/aromatic N) is 2. The minimum atomic E-state index is -0.801. The van der Waals surface area contributed by atoms with Crippen LogP contribution in [0.5, 0.6) is 0 Å². The molecule has 0 fully saturated rings. The molecule has 29 heavy (non-hydrogen) atoms. The number of aryl methyl sites for hydroxylation is 1. The monoisotopic (exact) mass is 393 g/mol. The van der Waals surface area contributed by atoms with Gasteiger partial charge in [-0.15, -0.1) is 0 Å². The van der Waals surface area contributed by atoms with Crippen molar-refractivity contribution in [3.05, 3.63) is 88.8 Å². The van der Waals surface area contributed by atoms with Gasteiger partial charge in [0.1, 0.15) is 23.4 Å². The van der Waals surface area contributed by atoms with Crippen molar-refractivity contribution in [2.24, 2.45) is 0 Å². The largest absolute Gasteiger partial charge is 0.448 e. The Morgan fingerprint density at radius 1 is 1.24 bits per heavy atom. The fourth-order valence-corrected chi connectivity index (χ4v) is 4.15. The number of amides is 1. The summed E-state index contributed by atoms with van der Waals surface area (Å²) in [6.45, 7) is 2.00. The maximum atomic E-state index is 14.8. The lowest BCUT2D eigenvalue weighted by Gasteiger charge is -2.36. The number of H-pyrrole nitrogens is 1. The number of benzene rings is 2. The molecule has 1 amide bonds. The van der Waals surface area contributed by atoms with Crippen LogP contribution >= 0.6 is 0 Å². The van der Waals surface area contributed by atoms with E-state index in [4.69, 9.17) is 4.42 Å². The van der Waals surface area contributed by atoms with E-state index in [9.17, 15) is 13.6 Å². The van der Waals surface area contributed by atoms with Gasteiger partial charge in [-0.2, -0.15) is 0 Å². The highest BCUT2D eigenvalue weighted by Crippen LogP contribution is 2.40. The first-order valence-electron chi connectivity index (χ1n) is 9.30. The van der Waals surface area contributed by atoms with Gasteiger partial charge in [-0.1, -0.05) is 18.2 Å². The average molecular weight is 393 g/mol. The first kappa shape index (κ1) is 17.6. The molecule has 0 unspecified atom stereocenters. The fourth-order valence-electron chi connectivity index (χ4n) is 4.15. The zero-order valence-electron chi connectivity index (χ0n) is 15.6. The Bertz CT molecular complexity index is 1240. The summed E-state index contributed by atoms with van der Waals surface area (Å²) in [4.78, 5) is 22.1. The summed E-state index contributed by atoms with van der Waals surface area (Å²) in [5.74, 6) is -1.13. The molecule has 146 valence electrons. The number of hydrogen-bond donors (Lipinski definition) is 1. The normalized spacial score (nSPS) is 16.2. The van der Waals surface area contributed by atoms with Crippen LogP contribution in [0.15, 0.2) is 53.3 Å². The highest BCUT2D eigenvalue weighted by Gasteiger charge is 2.37. The number of oxazole rings is 1. The van der Waals surface area contributed by atoms with E-state index in [1.807, 2.05) is 24.3 Å². The Morgan fingerprint density at radius 2 is 2.07 bits per heavy atom. The SMILES string of the molecule is Cc1ocnc1C(=O)N1CCc2c([nH]c3ccccc23)[C@@H]1c1cc(F)ccc1F. The summed E-state index contributed by atoms with van der Waals surface area (Å²) < 4.78 is 34.0. The summed E-state index contributed by atoms with van der Waals surface area (Å²) in [5.41, 5.74) is 2.87. The molecule has 0 saturated heterocycles. The first-order chi connectivity index (χ1) is 14.0. The second-order valence-corrected chi connectivity index (χ2v) is 7.14. The Balaban J connectivity index is 1.72. The topological polar surface area (TPSA) is 62.1 Å². The van der Waals surface area contributed by atoms with E-state index in [1.165, 1.54) is 11.3 Å². The second-order valence-electron chi connectivity index (χ2n) is 7.14. The standard InChI is InChI=1S/C22H17F2N3O2/c1-12-19(25-11-29-12)22(28)27-9-8-15-14-4-2-3-5-18(14)26-20(15)21(27)16-10-13(23)6-7-17(16)24/h2-7,10-11,21,26H,8-9H2,1H3/t21-/m0/s1. The van der Waals surface area contributed by atoms with Gasteiger partial charge >= 0.3 is 0 Å². The second kappa shape index (κ2) is 6.55. The van der Waals surface area contributed by atoms with Crippen molar-refractivity contribution in [2.75, 3.05) is 6.54 Å². The van der Waals surface area contributed by atoms with Crippen LogP contribution < -0.4 is 0 Å². The minimum absolute atomic E-state index is 0.104. The molecule has 2 aromatic carbocycles. The Hall–Kier alpha value is -3.48. The maximum Gasteiger partial charge on any atom is 0.276 e. The number of hydrogen-bond acceptors (Lipinski definition) is 3. The van der Waals surface area contributed by atoms with Crippen molar-refractivity contribution in [2.45, 2.75) is 19.4 Å². The van der Waals surface area contributed by atoms with E-state index in [0.29, 0.717) is 24.4 Å². The number of rotatable bonds is 2. The Morgan fingerprint density at radius 3 is 2.86 bits per heavy atom. The van der Waals surface area contributed by atoms with Crippen LogP contribution in [0.4, 0.5) is 8.78 Å². The van der Waals surface area contributed by atoms with E-state index in [1.54, 1.807) is 6.92 Å². The Kier molecular flexibility index (Phi) is 3.97. The molecule has 3 heterocycles. The zero-order valence-corrected chi connectivity index (χ0v) is 15.6. The molecule has 0 saturated carbocycles. The number of para-hydroxylation sites is 1. The molecule has 0 aliphatic carbocycles. The first-order valence-corrected chi connectivity index (χ1v) is 9.30. The van der Waals surface area contributed by atoms with Gasteiger partial charge in [0.2, 0.25) is 0 Å². The third-order valence-electron chi connectivity index (χ3n) is 5.50. The molecule has 5 nitrogen and oxygen atoms in total. The van der Waals surface area contributed by atoms with Gasteiger partial charge in [-0.3, -0.25) is 4.79 Å². The van der Waals surface area contributed by atoms with Crippen LogP contribution in [0.1, 0.15) is 39.1 Å². The van der Waals surface area contributed by atoms with E-state index in [0.717, 1.165) is 34.7 Å². The summed E-state index contributed by atoms with van der Waals surface area (Å²) in [5, 5.41) is 1.02. The molecule has 0 bridgehead atoms. The molecule has 1 N–H and O–H groups in total. The van der Waals surface area contributed by atoms with Gasteiger partial charge in [0, 0.05) is 28.7 Å².